The van der Waals surface area contributed by atoms with Crippen molar-refractivity contribution in [2.24, 2.45) is 0 Å². The summed E-state index contributed by atoms with van der Waals surface area (Å²) >= 11 is 0. The van der Waals surface area contributed by atoms with Gasteiger partial charge in [0.15, 0.2) is 5.65 Å². The van der Waals surface area contributed by atoms with Crippen molar-refractivity contribution < 1.29 is 4.39 Å². The van der Waals surface area contributed by atoms with Gasteiger partial charge in [0.25, 0.3) is 0 Å². The Morgan fingerprint density at radius 3 is 2.68 bits per heavy atom. The van der Waals surface area contributed by atoms with Crippen molar-refractivity contribution >= 4 is 11.5 Å². The van der Waals surface area contributed by atoms with E-state index in [0.717, 1.165) is 29.7 Å². The fourth-order valence-electron chi connectivity index (χ4n) is 2.46. The van der Waals surface area contributed by atoms with Crippen LogP contribution < -0.4 is 5.73 Å². The Bertz CT molecular complexity index is 874. The number of nitrogen functional groups attached to an aromatic ring is 1. The van der Waals surface area contributed by atoms with Crippen molar-refractivity contribution in [1.29, 1.82) is 5.26 Å². The molecule has 1 aromatic carbocycles. The first-order chi connectivity index (χ1) is 10.7. The van der Waals surface area contributed by atoms with Crippen molar-refractivity contribution in [3.8, 4) is 17.2 Å². The molecule has 0 aliphatic rings. The molecule has 0 saturated carbocycles. The summed E-state index contributed by atoms with van der Waals surface area (Å²) < 4.78 is 14.6. The summed E-state index contributed by atoms with van der Waals surface area (Å²) in [6.45, 7) is 2.05. The highest BCUT2D eigenvalue weighted by atomic mass is 19.1. The maximum absolute atomic E-state index is 13.2. The van der Waals surface area contributed by atoms with Gasteiger partial charge in [-0.05, 0) is 24.1 Å². The van der Waals surface area contributed by atoms with Gasteiger partial charge in [0, 0.05) is 5.56 Å². The first kappa shape index (κ1) is 14.0. The minimum absolute atomic E-state index is 0.262. The van der Waals surface area contributed by atoms with E-state index in [-0.39, 0.29) is 17.2 Å². The van der Waals surface area contributed by atoms with E-state index >= 15 is 0 Å². The Morgan fingerprint density at radius 2 is 2.05 bits per heavy atom. The lowest BCUT2D eigenvalue weighted by atomic mass is 10.0. The average molecular weight is 295 g/mol. The number of nitrogens with two attached hydrogens (primary N) is 1. The van der Waals surface area contributed by atoms with Gasteiger partial charge in [-0.25, -0.2) is 9.37 Å². The number of halogens is 1. The van der Waals surface area contributed by atoms with Gasteiger partial charge in [-0.15, -0.1) is 0 Å². The number of aromatic nitrogens is 3. The van der Waals surface area contributed by atoms with Crippen LogP contribution in [0.1, 0.15) is 24.6 Å². The standard InChI is InChI=1S/C16H14FN5/c1-2-3-13-14(10-4-6-12(17)7-5-10)16-20-9-11(8-18)15(19)22(16)21-13/h4-7,9H,2-3,19H2,1H3. The summed E-state index contributed by atoms with van der Waals surface area (Å²) in [6.07, 6.45) is 3.09. The zero-order chi connectivity index (χ0) is 15.7. The highest BCUT2D eigenvalue weighted by molar-refractivity contribution is 5.81. The molecule has 0 fully saturated rings. The molecule has 6 heteroatoms. The monoisotopic (exact) mass is 295 g/mol. The number of hydrogen-bond acceptors (Lipinski definition) is 4. The molecule has 0 aliphatic carbocycles. The molecule has 2 aromatic heterocycles. The van der Waals surface area contributed by atoms with E-state index in [0.29, 0.717) is 5.65 Å². The van der Waals surface area contributed by atoms with Crippen LogP contribution >= 0.6 is 0 Å². The van der Waals surface area contributed by atoms with Crippen molar-refractivity contribution in [2.45, 2.75) is 19.8 Å². The van der Waals surface area contributed by atoms with Gasteiger partial charge in [-0.2, -0.15) is 14.9 Å². The Morgan fingerprint density at radius 1 is 1.32 bits per heavy atom. The van der Waals surface area contributed by atoms with Crippen LogP contribution in [0, 0.1) is 17.1 Å². The molecule has 110 valence electrons. The summed E-state index contributed by atoms with van der Waals surface area (Å²) in [6, 6.07) is 8.20. The normalized spacial score (nSPS) is 10.8. The second kappa shape index (κ2) is 5.45. The molecular formula is C16H14FN5. The molecule has 3 aromatic rings. The zero-order valence-corrected chi connectivity index (χ0v) is 12.0. The first-order valence-electron chi connectivity index (χ1n) is 6.97. The topological polar surface area (TPSA) is 80.0 Å². The van der Waals surface area contributed by atoms with Gasteiger partial charge >= 0.3 is 0 Å². The molecular weight excluding hydrogens is 281 g/mol. The van der Waals surface area contributed by atoms with Gasteiger partial charge in [0.05, 0.1) is 11.9 Å². The summed E-state index contributed by atoms with van der Waals surface area (Å²) in [5.41, 5.74) is 9.34. The lowest BCUT2D eigenvalue weighted by Crippen LogP contribution is -2.03. The van der Waals surface area contributed by atoms with Crippen LogP contribution in [0.3, 0.4) is 0 Å². The van der Waals surface area contributed by atoms with Gasteiger partial charge in [-0.1, -0.05) is 25.5 Å². The third-order valence-corrected chi connectivity index (χ3v) is 3.49. The summed E-state index contributed by atoms with van der Waals surface area (Å²) in [5.74, 6) is -0.0327. The maximum atomic E-state index is 13.2. The molecule has 22 heavy (non-hydrogen) atoms. The van der Waals surface area contributed by atoms with Crippen molar-refractivity contribution in [3.63, 3.8) is 0 Å². The Balaban J connectivity index is 2.31. The predicted molar refractivity (Wildman–Crippen MR) is 81.5 cm³/mol. The average Bonchev–Trinajstić information content (AvgIpc) is 2.88. The molecule has 5 nitrogen and oxygen atoms in total. The third-order valence-electron chi connectivity index (χ3n) is 3.49. The Hall–Kier alpha value is -2.94. The summed E-state index contributed by atoms with van der Waals surface area (Å²) in [7, 11) is 0. The lowest BCUT2D eigenvalue weighted by molar-refractivity contribution is 0.628. The van der Waals surface area contributed by atoms with Gasteiger partial charge in [-0.3, -0.25) is 0 Å². The first-order valence-corrected chi connectivity index (χ1v) is 6.97. The lowest BCUT2D eigenvalue weighted by Gasteiger charge is -2.03. The van der Waals surface area contributed by atoms with E-state index in [4.69, 9.17) is 11.0 Å². The van der Waals surface area contributed by atoms with Crippen molar-refractivity contribution in [2.75, 3.05) is 5.73 Å². The second-order valence-corrected chi connectivity index (χ2v) is 4.98. The number of anilines is 1. The molecule has 0 aliphatic heterocycles. The smallest absolute Gasteiger partial charge is 0.165 e. The third kappa shape index (κ3) is 2.17. The van der Waals surface area contributed by atoms with E-state index < -0.39 is 0 Å². The molecule has 0 unspecified atom stereocenters. The van der Waals surface area contributed by atoms with Gasteiger partial charge < -0.3 is 5.73 Å². The predicted octanol–water partition coefficient (Wildman–Crippen LogP) is 2.94. The molecule has 0 bridgehead atoms. The zero-order valence-electron chi connectivity index (χ0n) is 12.0. The number of rotatable bonds is 3. The molecule has 0 radical (unpaired) electrons. The number of fused-ring (bicyclic) bond motifs is 1. The van der Waals surface area contributed by atoms with Gasteiger partial charge in [0.1, 0.15) is 23.3 Å². The van der Waals surface area contributed by atoms with E-state index in [1.807, 2.05) is 6.07 Å². The molecule has 0 atom stereocenters. The fraction of sp³-hybridized carbons (Fsp3) is 0.188. The highest BCUT2D eigenvalue weighted by Crippen LogP contribution is 2.30. The fourth-order valence-corrected chi connectivity index (χ4v) is 2.46. The van der Waals surface area contributed by atoms with E-state index in [1.165, 1.54) is 22.8 Å². The summed E-state index contributed by atoms with van der Waals surface area (Å²) in [5, 5.41) is 13.5. The molecule has 0 amide bonds. The van der Waals surface area contributed by atoms with Crippen LogP contribution in [-0.4, -0.2) is 14.6 Å². The Kier molecular flexibility index (Phi) is 3.47. The number of aryl methyl sites for hydroxylation is 1. The highest BCUT2D eigenvalue weighted by Gasteiger charge is 2.18. The minimum atomic E-state index is -0.295. The maximum Gasteiger partial charge on any atom is 0.165 e. The molecule has 0 saturated heterocycles. The quantitative estimate of drug-likeness (QED) is 0.805. The van der Waals surface area contributed by atoms with Crippen LogP contribution in [0.15, 0.2) is 30.5 Å². The minimum Gasteiger partial charge on any atom is -0.382 e. The number of hydrogen-bond donors (Lipinski definition) is 1. The number of benzene rings is 1. The largest absolute Gasteiger partial charge is 0.382 e. The van der Waals surface area contributed by atoms with Crippen LogP contribution in [0.2, 0.25) is 0 Å². The molecule has 2 N–H and O–H groups in total. The Labute approximate surface area is 126 Å². The number of nitriles is 1. The van der Waals surface area contributed by atoms with E-state index in [1.54, 1.807) is 12.1 Å². The van der Waals surface area contributed by atoms with Crippen LogP contribution in [-0.2, 0) is 6.42 Å². The van der Waals surface area contributed by atoms with Crippen molar-refractivity contribution in [1.82, 2.24) is 14.6 Å². The number of nitrogens with zero attached hydrogens (tertiary/aromatic N) is 4. The van der Waals surface area contributed by atoms with Crippen LogP contribution in [0.4, 0.5) is 10.2 Å². The second-order valence-electron chi connectivity index (χ2n) is 4.98. The van der Waals surface area contributed by atoms with E-state index in [2.05, 4.69) is 17.0 Å². The van der Waals surface area contributed by atoms with Crippen molar-refractivity contribution in [3.05, 3.63) is 47.5 Å². The summed E-state index contributed by atoms with van der Waals surface area (Å²) in [4.78, 5) is 4.32. The van der Waals surface area contributed by atoms with Gasteiger partial charge in [0.2, 0.25) is 0 Å². The van der Waals surface area contributed by atoms with Crippen LogP contribution in [0.5, 0.6) is 0 Å². The SMILES string of the molecule is CCCc1nn2c(N)c(C#N)cnc2c1-c1ccc(F)cc1. The molecule has 2 heterocycles. The van der Waals surface area contributed by atoms with E-state index in [9.17, 15) is 4.39 Å². The molecule has 0 spiro atoms. The molecule has 3 rings (SSSR count). The van der Waals surface area contributed by atoms with Crippen LogP contribution in [0.25, 0.3) is 16.8 Å².